The Bertz CT molecular complexity index is 1830. The van der Waals surface area contributed by atoms with E-state index in [2.05, 4.69) is 15.5 Å². The highest BCUT2D eigenvalue weighted by Crippen LogP contribution is 2.36. The molecule has 1 amide bonds. The second kappa shape index (κ2) is 12.7. The van der Waals surface area contributed by atoms with Crippen LogP contribution in [-0.4, -0.2) is 41.7 Å². The molecule has 0 aliphatic rings. The molecule has 0 aliphatic carbocycles. The fourth-order valence-corrected chi connectivity index (χ4v) is 4.49. The molecule has 2 N–H and O–H groups in total. The second-order valence-corrected chi connectivity index (χ2v) is 9.16. The lowest BCUT2D eigenvalue weighted by Gasteiger charge is -2.11. The van der Waals surface area contributed by atoms with Crippen LogP contribution in [0.4, 0.5) is 5.69 Å². The predicted octanol–water partition coefficient (Wildman–Crippen LogP) is 6.13. The number of aromatic amines is 1. The third-order valence-corrected chi connectivity index (χ3v) is 6.47. The molecule has 43 heavy (non-hydrogen) atoms. The number of fused-ring (bicyclic) bond motifs is 1. The molecule has 0 unspecified atom stereocenters. The number of benzene rings is 4. The van der Waals surface area contributed by atoms with E-state index >= 15 is 0 Å². The van der Waals surface area contributed by atoms with Crippen molar-refractivity contribution in [1.29, 1.82) is 0 Å². The Kier molecular flexibility index (Phi) is 8.43. The average Bonchev–Trinajstić information content (AvgIpc) is 3.43. The number of hydrogen-bond acceptors (Lipinski definition) is 8. The van der Waals surface area contributed by atoms with Gasteiger partial charge < -0.3 is 19.2 Å². The first-order valence-electron chi connectivity index (χ1n) is 13.2. The van der Waals surface area contributed by atoms with Crippen LogP contribution in [0.5, 0.6) is 17.2 Å². The number of nitrogens with zero attached hydrogens (tertiary/aromatic N) is 2. The van der Waals surface area contributed by atoms with E-state index in [1.54, 1.807) is 26.2 Å². The Labute approximate surface area is 245 Å². The first kappa shape index (κ1) is 28.6. The molecule has 0 aliphatic heterocycles. The summed E-state index contributed by atoms with van der Waals surface area (Å²) in [6, 6.07) is 25.0. The number of carbonyl (C=O) groups excluding carboxylic acids is 2. The highest BCUT2D eigenvalue weighted by Gasteiger charge is 2.21. The number of rotatable bonds is 10. The van der Waals surface area contributed by atoms with Crippen molar-refractivity contribution >= 4 is 34.7 Å². The zero-order valence-corrected chi connectivity index (χ0v) is 23.2. The summed E-state index contributed by atoms with van der Waals surface area (Å²) in [5.74, 6) is -0.108. The van der Waals surface area contributed by atoms with Gasteiger partial charge in [0.25, 0.3) is 11.6 Å². The van der Waals surface area contributed by atoms with E-state index in [9.17, 15) is 19.7 Å². The Morgan fingerprint density at radius 2 is 1.72 bits per heavy atom. The quantitative estimate of drug-likeness (QED) is 0.0666. The molecule has 0 saturated carbocycles. The minimum absolute atomic E-state index is 0.136. The van der Waals surface area contributed by atoms with Crippen LogP contribution < -0.4 is 19.6 Å². The first-order chi connectivity index (χ1) is 20.9. The highest BCUT2D eigenvalue weighted by atomic mass is 16.6. The molecule has 0 saturated heterocycles. The number of esters is 1. The largest absolute Gasteiger partial charge is 0.495 e. The Balaban J connectivity index is 1.35. The van der Waals surface area contributed by atoms with Gasteiger partial charge in [-0.1, -0.05) is 42.5 Å². The molecule has 11 heteroatoms. The van der Waals surface area contributed by atoms with E-state index in [1.165, 1.54) is 36.5 Å². The van der Waals surface area contributed by atoms with Gasteiger partial charge in [-0.25, -0.2) is 10.2 Å². The first-order valence-corrected chi connectivity index (χ1v) is 13.2. The second-order valence-electron chi connectivity index (χ2n) is 9.16. The maximum atomic E-state index is 13.3. The van der Waals surface area contributed by atoms with Crippen molar-refractivity contribution in [2.24, 2.45) is 5.10 Å². The van der Waals surface area contributed by atoms with Crippen LogP contribution in [0.15, 0.2) is 96.1 Å². The molecule has 5 rings (SSSR count). The van der Waals surface area contributed by atoms with E-state index in [4.69, 9.17) is 14.2 Å². The van der Waals surface area contributed by atoms with Crippen LogP contribution in [0.3, 0.4) is 0 Å². The smallest absolute Gasteiger partial charge is 0.343 e. The number of amides is 1. The van der Waals surface area contributed by atoms with E-state index in [0.29, 0.717) is 29.1 Å². The van der Waals surface area contributed by atoms with Crippen LogP contribution in [0.25, 0.3) is 22.0 Å². The minimum Gasteiger partial charge on any atom is -0.495 e. The SMILES string of the molecule is CCOc1cc(C=NNC(=O)c2[nH]c3c(OC)cccc3c2-c2ccccc2)ccc1OC(=O)c1ccc([N+](=O)[O-])cc1. The fourth-order valence-electron chi connectivity index (χ4n) is 4.49. The van der Waals surface area contributed by atoms with Crippen LogP contribution >= 0.6 is 0 Å². The van der Waals surface area contributed by atoms with Gasteiger partial charge in [0.15, 0.2) is 11.5 Å². The van der Waals surface area contributed by atoms with Gasteiger partial charge in [-0.05, 0) is 54.4 Å². The molecular formula is C32H26N4O7. The average molecular weight is 579 g/mol. The standard InChI is InChI=1S/C32H26N4O7/c1-3-42-27-18-20(12-17-25(27)43-32(38)22-13-15-23(16-14-22)36(39)40)19-33-35-31(37)30-28(21-8-5-4-6-9-21)24-10-7-11-26(41-2)29(24)34-30/h4-19,34H,3H2,1-2H3,(H,35,37). The van der Waals surface area contributed by atoms with E-state index < -0.39 is 16.8 Å². The molecule has 0 spiro atoms. The number of ether oxygens (including phenoxy) is 3. The summed E-state index contributed by atoms with van der Waals surface area (Å²) in [5, 5.41) is 15.8. The van der Waals surface area contributed by atoms with Crippen LogP contribution in [0.1, 0.15) is 33.3 Å². The van der Waals surface area contributed by atoms with Crippen LogP contribution in [0.2, 0.25) is 0 Å². The van der Waals surface area contributed by atoms with Crippen molar-refractivity contribution in [2.45, 2.75) is 6.92 Å². The Morgan fingerprint density at radius 3 is 2.42 bits per heavy atom. The molecule has 4 aromatic carbocycles. The van der Waals surface area contributed by atoms with Crippen molar-refractivity contribution in [3.63, 3.8) is 0 Å². The van der Waals surface area contributed by atoms with Gasteiger partial charge in [0, 0.05) is 23.1 Å². The molecule has 216 valence electrons. The Morgan fingerprint density at radius 1 is 0.953 bits per heavy atom. The number of H-pyrrole nitrogens is 1. The lowest BCUT2D eigenvalue weighted by Crippen LogP contribution is -2.19. The number of nitro benzene ring substituents is 1. The minimum atomic E-state index is -0.700. The highest BCUT2D eigenvalue weighted by molar-refractivity contribution is 6.11. The number of carbonyl (C=O) groups is 2. The molecule has 11 nitrogen and oxygen atoms in total. The summed E-state index contributed by atoms with van der Waals surface area (Å²) >= 11 is 0. The maximum absolute atomic E-state index is 13.3. The van der Waals surface area contributed by atoms with Gasteiger partial charge in [0.2, 0.25) is 0 Å². The molecule has 0 bridgehead atoms. The number of nitro groups is 1. The summed E-state index contributed by atoms with van der Waals surface area (Å²) in [6.45, 7) is 2.08. The normalized spacial score (nSPS) is 10.9. The van der Waals surface area contributed by atoms with Crippen molar-refractivity contribution in [3.05, 3.63) is 118 Å². The predicted molar refractivity (Wildman–Crippen MR) is 161 cm³/mol. The maximum Gasteiger partial charge on any atom is 0.343 e. The van der Waals surface area contributed by atoms with E-state index in [0.717, 1.165) is 16.5 Å². The van der Waals surface area contributed by atoms with Gasteiger partial charge in [0.05, 0.1) is 35.9 Å². The summed E-state index contributed by atoms with van der Waals surface area (Å²) < 4.78 is 16.6. The summed E-state index contributed by atoms with van der Waals surface area (Å²) in [5.41, 5.74) is 5.75. The van der Waals surface area contributed by atoms with Crippen molar-refractivity contribution in [2.75, 3.05) is 13.7 Å². The molecule has 1 heterocycles. The molecule has 0 radical (unpaired) electrons. The Hall–Kier alpha value is -5.97. The van der Waals surface area contributed by atoms with Crippen molar-refractivity contribution in [3.8, 4) is 28.4 Å². The third-order valence-electron chi connectivity index (χ3n) is 6.47. The van der Waals surface area contributed by atoms with Gasteiger partial charge in [-0.15, -0.1) is 0 Å². The lowest BCUT2D eigenvalue weighted by molar-refractivity contribution is -0.384. The van der Waals surface area contributed by atoms with E-state index in [1.807, 2.05) is 48.5 Å². The third kappa shape index (κ3) is 6.20. The fraction of sp³-hybridized carbons (Fsp3) is 0.0938. The number of hydrazone groups is 1. The van der Waals surface area contributed by atoms with Gasteiger partial charge >= 0.3 is 5.97 Å². The number of para-hydroxylation sites is 1. The number of hydrogen-bond donors (Lipinski definition) is 2. The number of methoxy groups -OCH3 is 1. The molecule has 0 atom stereocenters. The zero-order chi connectivity index (χ0) is 30.3. The lowest BCUT2D eigenvalue weighted by atomic mass is 10.0. The summed E-state index contributed by atoms with van der Waals surface area (Å²) in [7, 11) is 1.57. The van der Waals surface area contributed by atoms with Gasteiger partial charge in [-0.3, -0.25) is 14.9 Å². The van der Waals surface area contributed by atoms with Crippen molar-refractivity contribution < 1.29 is 28.7 Å². The van der Waals surface area contributed by atoms with Crippen molar-refractivity contribution in [1.82, 2.24) is 10.4 Å². The van der Waals surface area contributed by atoms with E-state index in [-0.39, 0.29) is 22.7 Å². The number of aromatic nitrogens is 1. The van der Waals surface area contributed by atoms with Crippen LogP contribution in [-0.2, 0) is 0 Å². The van der Waals surface area contributed by atoms with Crippen LogP contribution in [0, 0.1) is 10.1 Å². The summed E-state index contributed by atoms with van der Waals surface area (Å²) in [6.07, 6.45) is 1.44. The molecule has 5 aromatic rings. The molecule has 1 aromatic heterocycles. The van der Waals surface area contributed by atoms with Gasteiger partial charge in [0.1, 0.15) is 11.4 Å². The topological polar surface area (TPSA) is 145 Å². The molecule has 0 fully saturated rings. The molecular weight excluding hydrogens is 552 g/mol. The number of nitrogens with one attached hydrogen (secondary N) is 2. The number of non-ortho nitro benzene ring substituents is 1. The zero-order valence-electron chi connectivity index (χ0n) is 23.2. The monoisotopic (exact) mass is 578 g/mol. The van der Waals surface area contributed by atoms with Gasteiger partial charge in [-0.2, -0.15) is 5.10 Å². The summed E-state index contributed by atoms with van der Waals surface area (Å²) in [4.78, 5) is 39.5.